The third-order valence-electron chi connectivity index (χ3n) is 6.35. The number of hydrogen-bond acceptors (Lipinski definition) is 5. The standard InChI is InChI=1S/C28H21Cl2N5O3S/c1-32-28(37)26-27(38-14-16-6-3-2-4-7-16)24(36)13-23(35(26)34-33-31)19-9-5-8-17-15-39-25-12-22(30)21(29)11-18(25)10-20(17)19/h2-9,11-13H,10,14-15H2,1H3,(H,32,37). The lowest BCUT2D eigenvalue weighted by Crippen LogP contribution is -2.27. The van der Waals surface area contributed by atoms with Crippen LogP contribution < -0.4 is 15.5 Å². The van der Waals surface area contributed by atoms with E-state index in [1.54, 1.807) is 11.8 Å². The molecular weight excluding hydrogens is 557 g/mol. The number of amides is 1. The summed E-state index contributed by atoms with van der Waals surface area (Å²) in [4.78, 5) is 30.5. The van der Waals surface area contributed by atoms with Crippen molar-refractivity contribution in [1.29, 1.82) is 0 Å². The van der Waals surface area contributed by atoms with E-state index in [0.29, 0.717) is 27.8 Å². The van der Waals surface area contributed by atoms with Crippen LogP contribution in [-0.2, 0) is 18.8 Å². The fourth-order valence-electron chi connectivity index (χ4n) is 4.50. The number of fused-ring (bicyclic) bond motifs is 2. The van der Waals surface area contributed by atoms with Gasteiger partial charge < -0.3 is 10.1 Å². The molecule has 196 valence electrons. The van der Waals surface area contributed by atoms with E-state index in [2.05, 4.69) is 15.5 Å². The summed E-state index contributed by atoms with van der Waals surface area (Å²) in [6, 6.07) is 20.0. The highest BCUT2D eigenvalue weighted by atomic mass is 35.5. The van der Waals surface area contributed by atoms with E-state index in [0.717, 1.165) is 31.8 Å². The van der Waals surface area contributed by atoms with Crippen molar-refractivity contribution in [3.05, 3.63) is 125 Å². The van der Waals surface area contributed by atoms with Crippen molar-refractivity contribution >= 4 is 40.9 Å². The Morgan fingerprint density at radius 1 is 1.10 bits per heavy atom. The van der Waals surface area contributed by atoms with Gasteiger partial charge in [0.2, 0.25) is 16.9 Å². The first-order valence-electron chi connectivity index (χ1n) is 11.9. The summed E-state index contributed by atoms with van der Waals surface area (Å²) in [6.45, 7) is 0.0494. The highest BCUT2D eigenvalue weighted by molar-refractivity contribution is 7.98. The molecule has 2 heterocycles. The molecule has 0 saturated carbocycles. The van der Waals surface area contributed by atoms with Gasteiger partial charge in [0.1, 0.15) is 12.3 Å². The minimum atomic E-state index is -0.631. The molecule has 0 spiro atoms. The second kappa shape index (κ2) is 11.5. The molecule has 1 aliphatic heterocycles. The Hall–Kier alpha value is -3.88. The van der Waals surface area contributed by atoms with E-state index in [4.69, 9.17) is 27.9 Å². The molecule has 4 aromatic rings. The number of pyridine rings is 1. The van der Waals surface area contributed by atoms with Crippen LogP contribution in [0.5, 0.6) is 5.75 Å². The summed E-state index contributed by atoms with van der Waals surface area (Å²) >= 11 is 14.2. The van der Waals surface area contributed by atoms with Crippen molar-refractivity contribution in [3.63, 3.8) is 0 Å². The summed E-state index contributed by atoms with van der Waals surface area (Å²) in [5.74, 6) is -0.187. The maximum atomic E-state index is 13.5. The minimum absolute atomic E-state index is 0.0494. The molecule has 3 aromatic carbocycles. The number of thioether (sulfide) groups is 1. The molecule has 0 saturated heterocycles. The van der Waals surface area contributed by atoms with Gasteiger partial charge in [-0.3, -0.25) is 9.59 Å². The molecule has 5 rings (SSSR count). The summed E-state index contributed by atoms with van der Waals surface area (Å²) in [7, 11) is 1.43. The summed E-state index contributed by atoms with van der Waals surface area (Å²) in [5.41, 5.74) is 13.4. The first-order chi connectivity index (χ1) is 18.9. The number of nitrogens with zero attached hydrogens (tertiary/aromatic N) is 4. The Labute approximate surface area is 238 Å². The molecule has 1 aromatic heterocycles. The third kappa shape index (κ3) is 5.35. The minimum Gasteiger partial charge on any atom is -0.481 e. The number of aromatic nitrogens is 1. The molecule has 0 radical (unpaired) electrons. The number of hydrogen-bond donors (Lipinski definition) is 1. The smallest absolute Gasteiger partial charge is 0.295 e. The van der Waals surface area contributed by atoms with Gasteiger partial charge in [0.05, 0.1) is 10.0 Å². The second-order valence-electron chi connectivity index (χ2n) is 8.70. The monoisotopic (exact) mass is 577 g/mol. The number of halogens is 2. The van der Waals surface area contributed by atoms with Crippen LogP contribution in [0.2, 0.25) is 10.0 Å². The highest BCUT2D eigenvalue weighted by Gasteiger charge is 2.29. The lowest BCUT2D eigenvalue weighted by molar-refractivity contribution is 0.0948. The van der Waals surface area contributed by atoms with Gasteiger partial charge in [-0.25, -0.2) is 0 Å². The van der Waals surface area contributed by atoms with Gasteiger partial charge >= 0.3 is 0 Å². The van der Waals surface area contributed by atoms with Crippen molar-refractivity contribution < 1.29 is 9.53 Å². The SMILES string of the molecule is CNC(=O)c1c(OCc2ccccc2)c(=O)cc(-c2cccc3c2Cc2cc(Cl)c(Cl)cc2SC3)n1N=[N+]=[N-]. The molecule has 1 aliphatic rings. The van der Waals surface area contributed by atoms with Gasteiger partial charge in [0, 0.05) is 29.3 Å². The van der Waals surface area contributed by atoms with Crippen LogP contribution in [0.1, 0.15) is 32.7 Å². The van der Waals surface area contributed by atoms with Crippen LogP contribution in [0.25, 0.3) is 21.7 Å². The molecule has 11 heteroatoms. The Morgan fingerprint density at radius 2 is 1.87 bits per heavy atom. The van der Waals surface area contributed by atoms with Crippen LogP contribution in [0.4, 0.5) is 0 Å². The summed E-state index contributed by atoms with van der Waals surface area (Å²) in [5, 5.41) is 7.28. The molecule has 0 unspecified atom stereocenters. The Morgan fingerprint density at radius 3 is 2.62 bits per heavy atom. The zero-order valence-electron chi connectivity index (χ0n) is 20.6. The van der Waals surface area contributed by atoms with E-state index in [1.807, 2.05) is 60.7 Å². The van der Waals surface area contributed by atoms with Gasteiger partial charge in [-0.05, 0) is 46.0 Å². The number of rotatable bonds is 6. The van der Waals surface area contributed by atoms with Crippen LogP contribution in [0.3, 0.4) is 0 Å². The van der Waals surface area contributed by atoms with Crippen molar-refractivity contribution in [2.45, 2.75) is 23.7 Å². The molecular formula is C28H21Cl2N5O3S. The zero-order valence-corrected chi connectivity index (χ0v) is 23.0. The predicted octanol–water partition coefficient (Wildman–Crippen LogP) is 7.03. The summed E-state index contributed by atoms with van der Waals surface area (Å²) < 4.78 is 6.98. The first-order valence-corrected chi connectivity index (χ1v) is 13.6. The van der Waals surface area contributed by atoms with Crippen molar-refractivity contribution in [3.8, 4) is 17.0 Å². The average Bonchev–Trinajstić information content (AvgIpc) is 3.12. The van der Waals surface area contributed by atoms with Crippen molar-refractivity contribution in [1.82, 2.24) is 9.99 Å². The number of ether oxygens (including phenoxy) is 1. The maximum absolute atomic E-state index is 13.5. The van der Waals surface area contributed by atoms with E-state index in [1.165, 1.54) is 13.1 Å². The fourth-order valence-corrected chi connectivity index (χ4v) is 6.02. The first kappa shape index (κ1) is 26.7. The lowest BCUT2D eigenvalue weighted by Gasteiger charge is -2.17. The van der Waals surface area contributed by atoms with Crippen molar-refractivity contribution in [2.24, 2.45) is 5.22 Å². The number of carbonyl (C=O) groups excluding carboxylic acids is 1. The molecule has 0 atom stereocenters. The highest BCUT2D eigenvalue weighted by Crippen LogP contribution is 2.41. The maximum Gasteiger partial charge on any atom is 0.295 e. The molecule has 1 N–H and O–H groups in total. The summed E-state index contributed by atoms with van der Waals surface area (Å²) in [6.07, 6.45) is 0.497. The number of nitrogens with one attached hydrogen (secondary N) is 1. The van der Waals surface area contributed by atoms with Crippen molar-refractivity contribution in [2.75, 3.05) is 7.05 Å². The second-order valence-corrected chi connectivity index (χ2v) is 10.5. The Kier molecular flexibility index (Phi) is 7.86. The molecule has 0 bridgehead atoms. The van der Waals surface area contributed by atoms with Gasteiger partial charge in [-0.2, -0.15) is 9.59 Å². The van der Waals surface area contributed by atoms with E-state index in [9.17, 15) is 15.1 Å². The van der Waals surface area contributed by atoms with Crippen LogP contribution in [0, 0.1) is 0 Å². The Bertz CT molecular complexity index is 1700. The quantitative estimate of drug-likeness (QED) is 0.151. The van der Waals surface area contributed by atoms with Crippen LogP contribution in [-0.4, -0.2) is 17.6 Å². The number of benzene rings is 3. The average molecular weight is 578 g/mol. The number of carbonyl (C=O) groups is 1. The molecule has 0 aliphatic carbocycles. The molecule has 8 nitrogen and oxygen atoms in total. The van der Waals surface area contributed by atoms with Gasteiger partial charge in [0.25, 0.3) is 5.91 Å². The fraction of sp³-hybridized carbons (Fsp3) is 0.143. The van der Waals surface area contributed by atoms with Crippen LogP contribution in [0.15, 0.2) is 81.6 Å². The van der Waals surface area contributed by atoms with Gasteiger partial charge in [-0.15, -0.1) is 17.3 Å². The molecule has 0 fully saturated rings. The lowest BCUT2D eigenvalue weighted by atomic mass is 9.93. The molecule has 39 heavy (non-hydrogen) atoms. The van der Waals surface area contributed by atoms with Crippen LogP contribution >= 0.6 is 35.0 Å². The topological polar surface area (TPSA) is 109 Å². The van der Waals surface area contributed by atoms with E-state index in [-0.39, 0.29) is 23.7 Å². The third-order valence-corrected chi connectivity index (χ3v) is 8.22. The predicted molar refractivity (Wildman–Crippen MR) is 154 cm³/mol. The van der Waals surface area contributed by atoms with E-state index >= 15 is 0 Å². The normalized spacial score (nSPS) is 12.0. The zero-order chi connectivity index (χ0) is 27.5. The van der Waals surface area contributed by atoms with E-state index < -0.39 is 11.3 Å². The Balaban J connectivity index is 1.70. The van der Waals surface area contributed by atoms with Gasteiger partial charge in [0.15, 0.2) is 0 Å². The number of azide groups is 1. The van der Waals surface area contributed by atoms with Gasteiger partial charge in [-0.1, -0.05) is 71.7 Å². The largest absolute Gasteiger partial charge is 0.481 e. The molecule has 1 amide bonds.